The van der Waals surface area contributed by atoms with Crippen LogP contribution in [0.5, 0.6) is 0 Å². The van der Waals surface area contributed by atoms with Gasteiger partial charge in [-0.2, -0.15) is 0 Å². The van der Waals surface area contributed by atoms with Crippen molar-refractivity contribution in [1.29, 1.82) is 0 Å². The van der Waals surface area contributed by atoms with E-state index >= 15 is 0 Å². The number of nitrogens with zero attached hydrogens (tertiary/aromatic N) is 5. The number of amides is 2. The molecule has 2 bridgehead atoms. The van der Waals surface area contributed by atoms with Crippen LogP contribution in [0.2, 0.25) is 0 Å². The number of imide groups is 1. The van der Waals surface area contributed by atoms with Crippen LogP contribution in [-0.2, 0) is 9.59 Å². The first kappa shape index (κ1) is 19.0. The zero-order valence-corrected chi connectivity index (χ0v) is 17.1. The van der Waals surface area contributed by atoms with Crippen molar-refractivity contribution < 1.29 is 9.59 Å². The van der Waals surface area contributed by atoms with Gasteiger partial charge in [0, 0.05) is 45.1 Å². The summed E-state index contributed by atoms with van der Waals surface area (Å²) in [6.07, 6.45) is 10.1. The topological polar surface area (TPSA) is 69.6 Å². The molecule has 1 aromatic rings. The molecule has 29 heavy (non-hydrogen) atoms. The van der Waals surface area contributed by atoms with Crippen molar-refractivity contribution in [2.24, 2.45) is 23.7 Å². The second-order valence-corrected chi connectivity index (χ2v) is 9.15. The highest BCUT2D eigenvalue weighted by molar-refractivity contribution is 6.06. The SMILES string of the molecule is O=C1[C@@H]2[C@@H]3CC[C@@H](C3)[C@@H]2C(=O)N1CCCCCN1CCN(c2ncccn2)CC1. The van der Waals surface area contributed by atoms with Crippen molar-refractivity contribution in [2.45, 2.75) is 38.5 Å². The van der Waals surface area contributed by atoms with E-state index in [2.05, 4.69) is 19.8 Å². The van der Waals surface area contributed by atoms with Gasteiger partial charge in [0.1, 0.15) is 0 Å². The number of anilines is 1. The molecule has 0 unspecified atom stereocenters. The highest BCUT2D eigenvalue weighted by atomic mass is 16.2. The van der Waals surface area contributed by atoms with Crippen LogP contribution in [0.4, 0.5) is 5.95 Å². The molecule has 7 nitrogen and oxygen atoms in total. The average Bonchev–Trinajstić information content (AvgIpc) is 3.44. The van der Waals surface area contributed by atoms with Crippen LogP contribution in [-0.4, -0.2) is 70.9 Å². The monoisotopic (exact) mass is 397 g/mol. The molecule has 4 atom stereocenters. The Morgan fingerprint density at radius 1 is 0.828 bits per heavy atom. The fourth-order valence-electron chi connectivity index (χ4n) is 6.10. The van der Waals surface area contributed by atoms with Crippen LogP contribution in [0, 0.1) is 23.7 Å². The van der Waals surface area contributed by atoms with Crippen molar-refractivity contribution in [2.75, 3.05) is 44.2 Å². The molecule has 0 spiro atoms. The van der Waals surface area contributed by atoms with Crippen molar-refractivity contribution in [3.8, 4) is 0 Å². The molecule has 4 aliphatic rings. The van der Waals surface area contributed by atoms with Crippen LogP contribution in [0.3, 0.4) is 0 Å². The number of rotatable bonds is 7. The van der Waals surface area contributed by atoms with Crippen LogP contribution in [0.25, 0.3) is 0 Å². The van der Waals surface area contributed by atoms with Gasteiger partial charge in [0.2, 0.25) is 17.8 Å². The van der Waals surface area contributed by atoms with Gasteiger partial charge in [-0.15, -0.1) is 0 Å². The molecule has 2 aliphatic heterocycles. The van der Waals surface area contributed by atoms with Gasteiger partial charge in [0.15, 0.2) is 0 Å². The van der Waals surface area contributed by atoms with E-state index in [1.807, 2.05) is 6.07 Å². The fraction of sp³-hybridized carbons (Fsp3) is 0.727. The summed E-state index contributed by atoms with van der Waals surface area (Å²) in [6, 6.07) is 1.85. The predicted molar refractivity (Wildman–Crippen MR) is 109 cm³/mol. The zero-order valence-electron chi connectivity index (χ0n) is 17.1. The molecule has 4 fully saturated rings. The molecule has 0 radical (unpaired) electrons. The van der Waals surface area contributed by atoms with E-state index in [1.54, 1.807) is 17.3 Å². The minimum atomic E-state index is 0.0335. The first-order chi connectivity index (χ1) is 14.2. The molecule has 2 saturated heterocycles. The second-order valence-electron chi connectivity index (χ2n) is 9.15. The summed E-state index contributed by atoms with van der Waals surface area (Å²) in [7, 11) is 0. The number of piperazine rings is 1. The van der Waals surface area contributed by atoms with Crippen molar-refractivity contribution in [3.05, 3.63) is 18.5 Å². The number of hydrogen-bond acceptors (Lipinski definition) is 6. The standard InChI is InChI=1S/C22H31N5O2/c28-20-18-16-5-6-17(15-16)19(18)21(29)27(20)10-3-1-2-9-25-11-13-26(14-12-25)22-23-7-4-8-24-22/h4,7-8,16-19H,1-3,5-6,9-15H2/t16-,17+,18-,19+. The lowest BCUT2D eigenvalue weighted by molar-refractivity contribution is -0.140. The molecule has 5 rings (SSSR count). The largest absolute Gasteiger partial charge is 0.338 e. The maximum Gasteiger partial charge on any atom is 0.233 e. The van der Waals surface area contributed by atoms with Gasteiger partial charge in [-0.05, 0) is 56.6 Å². The Bertz CT molecular complexity index is 721. The summed E-state index contributed by atoms with van der Waals surface area (Å²) in [6.45, 7) is 5.71. The lowest BCUT2D eigenvalue weighted by Gasteiger charge is -2.34. The van der Waals surface area contributed by atoms with E-state index in [0.29, 0.717) is 18.4 Å². The van der Waals surface area contributed by atoms with E-state index in [0.717, 1.165) is 77.2 Å². The highest BCUT2D eigenvalue weighted by Gasteiger charge is 2.60. The number of likely N-dealkylation sites (tertiary alicyclic amines) is 1. The van der Waals surface area contributed by atoms with E-state index in [1.165, 1.54) is 0 Å². The van der Waals surface area contributed by atoms with E-state index in [-0.39, 0.29) is 23.7 Å². The summed E-state index contributed by atoms with van der Waals surface area (Å²) < 4.78 is 0. The highest BCUT2D eigenvalue weighted by Crippen LogP contribution is 2.56. The van der Waals surface area contributed by atoms with Gasteiger partial charge < -0.3 is 4.90 Å². The Morgan fingerprint density at radius 2 is 1.45 bits per heavy atom. The minimum Gasteiger partial charge on any atom is -0.338 e. The first-order valence-corrected chi connectivity index (χ1v) is 11.3. The Balaban J connectivity index is 1.01. The van der Waals surface area contributed by atoms with Gasteiger partial charge >= 0.3 is 0 Å². The van der Waals surface area contributed by atoms with Crippen molar-refractivity contribution in [3.63, 3.8) is 0 Å². The van der Waals surface area contributed by atoms with Gasteiger partial charge in [-0.25, -0.2) is 9.97 Å². The summed E-state index contributed by atoms with van der Waals surface area (Å²) in [5, 5.41) is 0. The average molecular weight is 398 g/mol. The molecular formula is C22H31N5O2. The number of unbranched alkanes of at least 4 members (excludes halogenated alkanes) is 2. The summed E-state index contributed by atoms with van der Waals surface area (Å²) >= 11 is 0. The van der Waals surface area contributed by atoms with Crippen LogP contribution >= 0.6 is 0 Å². The van der Waals surface area contributed by atoms with E-state index < -0.39 is 0 Å². The second kappa shape index (κ2) is 8.01. The Kier molecular flexibility index (Phi) is 5.24. The normalized spacial score (nSPS) is 31.7. The molecular weight excluding hydrogens is 366 g/mol. The number of carbonyl (C=O) groups is 2. The van der Waals surface area contributed by atoms with Crippen LogP contribution < -0.4 is 4.90 Å². The van der Waals surface area contributed by atoms with Gasteiger partial charge in [-0.3, -0.25) is 19.4 Å². The summed E-state index contributed by atoms with van der Waals surface area (Å²) in [5.41, 5.74) is 0. The molecule has 1 aromatic heterocycles. The molecule has 0 aromatic carbocycles. The third-order valence-electron chi connectivity index (χ3n) is 7.58. The lowest BCUT2D eigenvalue weighted by Crippen LogP contribution is -2.47. The van der Waals surface area contributed by atoms with E-state index in [9.17, 15) is 9.59 Å². The van der Waals surface area contributed by atoms with E-state index in [4.69, 9.17) is 0 Å². The third-order valence-corrected chi connectivity index (χ3v) is 7.58. The number of fused-ring (bicyclic) bond motifs is 5. The fourth-order valence-corrected chi connectivity index (χ4v) is 6.10. The molecule has 2 aliphatic carbocycles. The summed E-state index contributed by atoms with van der Waals surface area (Å²) in [4.78, 5) is 40.5. The zero-order chi connectivity index (χ0) is 19.8. The van der Waals surface area contributed by atoms with Gasteiger partial charge in [-0.1, -0.05) is 6.42 Å². The molecule has 3 heterocycles. The third kappa shape index (κ3) is 3.54. The quantitative estimate of drug-likeness (QED) is 0.516. The number of carbonyl (C=O) groups excluding carboxylic acids is 2. The maximum absolute atomic E-state index is 12.7. The van der Waals surface area contributed by atoms with Crippen molar-refractivity contribution in [1.82, 2.24) is 19.8 Å². The minimum absolute atomic E-state index is 0.0335. The number of aromatic nitrogens is 2. The Labute approximate surface area is 172 Å². The molecule has 156 valence electrons. The first-order valence-electron chi connectivity index (χ1n) is 11.3. The molecule has 0 N–H and O–H groups in total. The maximum atomic E-state index is 12.7. The van der Waals surface area contributed by atoms with Crippen molar-refractivity contribution >= 4 is 17.8 Å². The summed E-state index contributed by atoms with van der Waals surface area (Å²) in [5.74, 6) is 2.17. The lowest BCUT2D eigenvalue weighted by atomic mass is 9.81. The number of hydrogen-bond donors (Lipinski definition) is 0. The molecule has 7 heteroatoms. The van der Waals surface area contributed by atoms with Gasteiger partial charge in [0.25, 0.3) is 0 Å². The molecule has 2 saturated carbocycles. The van der Waals surface area contributed by atoms with Crippen LogP contribution in [0.1, 0.15) is 38.5 Å². The molecule has 2 amide bonds. The van der Waals surface area contributed by atoms with Gasteiger partial charge in [0.05, 0.1) is 11.8 Å². The smallest absolute Gasteiger partial charge is 0.233 e. The van der Waals surface area contributed by atoms with Crippen LogP contribution in [0.15, 0.2) is 18.5 Å². The Morgan fingerprint density at radius 3 is 2.10 bits per heavy atom. The Hall–Kier alpha value is -2.02. The predicted octanol–water partition coefficient (Wildman–Crippen LogP) is 1.80.